The molecule has 1 heterocycles. The molecule has 1 aliphatic heterocycles. The van der Waals surface area contributed by atoms with Gasteiger partial charge in [0.25, 0.3) is 0 Å². The average molecular weight is 475 g/mol. The summed E-state index contributed by atoms with van der Waals surface area (Å²) in [6.45, 7) is 0. The lowest BCUT2D eigenvalue weighted by molar-refractivity contribution is -0.116. The molecular weight excluding hydrogens is 452 g/mol. The van der Waals surface area contributed by atoms with E-state index in [0.29, 0.717) is 6.42 Å². The highest BCUT2D eigenvalue weighted by Gasteiger charge is 2.36. The van der Waals surface area contributed by atoms with Crippen molar-refractivity contribution in [2.45, 2.75) is 24.8 Å². The van der Waals surface area contributed by atoms with Crippen molar-refractivity contribution in [2.24, 2.45) is 0 Å². The van der Waals surface area contributed by atoms with Crippen LogP contribution in [-0.4, -0.2) is 12.9 Å². The number of allylic oxidation sites excluding steroid dienone is 1. The summed E-state index contributed by atoms with van der Waals surface area (Å²) in [6.07, 6.45) is 1.31. The number of rotatable bonds is 3. The Morgan fingerprint density at radius 1 is 0.903 bits per heavy atom. The van der Waals surface area contributed by atoms with E-state index in [0.717, 1.165) is 44.9 Å². The average Bonchev–Trinajstić information content (AvgIpc) is 2.96. The zero-order valence-electron chi connectivity index (χ0n) is 17.2. The lowest BCUT2D eigenvalue weighted by Crippen LogP contribution is -2.26. The quantitative estimate of drug-likeness (QED) is 0.458. The Kier molecular flexibility index (Phi) is 5.28. The summed E-state index contributed by atoms with van der Waals surface area (Å²) in [5.74, 6) is 1.12. The van der Waals surface area contributed by atoms with E-state index in [1.54, 1.807) is 7.11 Å². The third kappa shape index (κ3) is 3.74. The number of fused-ring (bicyclic) bond motifs is 1. The molecule has 2 aliphatic rings. The number of halogens is 1. The number of carbonyl (C=O) groups excluding carboxylic acids is 1. The molecule has 4 nitrogen and oxygen atoms in total. The summed E-state index contributed by atoms with van der Waals surface area (Å²) in [7, 11) is 1.65. The molecule has 0 saturated carbocycles. The first-order chi connectivity index (χ1) is 15.1. The maximum absolute atomic E-state index is 13.5. The SMILES string of the molecule is COc1ccc(C2Nc3ccccc3NC3=C2C(=O)CC(c2ccccc2)C3)cc1Br. The molecule has 3 aromatic rings. The fourth-order valence-corrected chi connectivity index (χ4v) is 5.12. The fourth-order valence-electron chi connectivity index (χ4n) is 4.57. The lowest BCUT2D eigenvalue weighted by Gasteiger charge is -2.30. The fraction of sp³-hybridized carbons (Fsp3) is 0.192. The normalized spacial score (nSPS) is 20.1. The molecule has 0 saturated heterocycles. The highest BCUT2D eigenvalue weighted by Crippen LogP contribution is 2.44. The summed E-state index contributed by atoms with van der Waals surface area (Å²) in [5.41, 5.74) is 6.02. The summed E-state index contributed by atoms with van der Waals surface area (Å²) in [4.78, 5) is 13.5. The molecule has 3 aromatic carbocycles. The van der Waals surface area contributed by atoms with E-state index >= 15 is 0 Å². The number of anilines is 2. The van der Waals surface area contributed by atoms with Gasteiger partial charge in [-0.2, -0.15) is 0 Å². The molecule has 0 fully saturated rings. The van der Waals surface area contributed by atoms with E-state index in [1.165, 1.54) is 5.56 Å². The van der Waals surface area contributed by atoms with Gasteiger partial charge in [0, 0.05) is 17.7 Å². The van der Waals surface area contributed by atoms with Crippen molar-refractivity contribution in [1.82, 2.24) is 0 Å². The molecule has 0 aromatic heterocycles. The number of benzene rings is 3. The maximum Gasteiger partial charge on any atom is 0.163 e. The van der Waals surface area contributed by atoms with Gasteiger partial charge in [0.2, 0.25) is 0 Å². The van der Waals surface area contributed by atoms with E-state index < -0.39 is 0 Å². The number of nitrogens with one attached hydrogen (secondary N) is 2. The van der Waals surface area contributed by atoms with E-state index in [4.69, 9.17) is 4.74 Å². The van der Waals surface area contributed by atoms with Gasteiger partial charge in [-0.1, -0.05) is 48.5 Å². The summed E-state index contributed by atoms with van der Waals surface area (Å²) >= 11 is 3.60. The maximum atomic E-state index is 13.5. The Bertz CT molecular complexity index is 1170. The van der Waals surface area contributed by atoms with Gasteiger partial charge in [-0.3, -0.25) is 4.79 Å². The van der Waals surface area contributed by atoms with Gasteiger partial charge >= 0.3 is 0 Å². The Labute approximate surface area is 190 Å². The molecule has 2 unspecified atom stereocenters. The minimum absolute atomic E-state index is 0.175. The van der Waals surface area contributed by atoms with Gasteiger partial charge in [-0.15, -0.1) is 0 Å². The molecule has 31 heavy (non-hydrogen) atoms. The van der Waals surface area contributed by atoms with Gasteiger partial charge in [0.1, 0.15) is 5.75 Å². The molecule has 0 radical (unpaired) electrons. The molecule has 0 bridgehead atoms. The van der Waals surface area contributed by atoms with Gasteiger partial charge in [0.15, 0.2) is 5.78 Å². The Balaban J connectivity index is 1.62. The van der Waals surface area contributed by atoms with Crippen LogP contribution in [0.2, 0.25) is 0 Å². The summed E-state index contributed by atoms with van der Waals surface area (Å²) in [5, 5.41) is 7.21. The van der Waals surface area contributed by atoms with Crippen LogP contribution in [0.15, 0.2) is 88.5 Å². The molecule has 5 rings (SSSR count). The van der Waals surface area contributed by atoms with E-state index in [1.807, 2.05) is 54.6 Å². The number of para-hydroxylation sites is 2. The van der Waals surface area contributed by atoms with Gasteiger partial charge in [-0.05, 0) is 63.7 Å². The van der Waals surface area contributed by atoms with E-state index in [2.05, 4.69) is 44.8 Å². The second-order valence-corrected chi connectivity index (χ2v) is 8.83. The van der Waals surface area contributed by atoms with Crippen LogP contribution >= 0.6 is 15.9 Å². The third-order valence-corrected chi connectivity index (χ3v) is 6.71. The van der Waals surface area contributed by atoms with Crippen LogP contribution in [0.5, 0.6) is 5.75 Å². The molecule has 2 N–H and O–H groups in total. The second-order valence-electron chi connectivity index (χ2n) is 7.97. The smallest absolute Gasteiger partial charge is 0.163 e. The van der Waals surface area contributed by atoms with Crippen LogP contribution in [0.3, 0.4) is 0 Å². The first kappa shape index (κ1) is 19.9. The molecule has 0 amide bonds. The minimum atomic E-state index is -0.238. The van der Waals surface area contributed by atoms with Crippen LogP contribution in [0.1, 0.15) is 35.9 Å². The largest absolute Gasteiger partial charge is 0.496 e. The Morgan fingerprint density at radius 3 is 2.39 bits per heavy atom. The highest BCUT2D eigenvalue weighted by atomic mass is 79.9. The Hall–Kier alpha value is -3.05. The Morgan fingerprint density at radius 2 is 1.65 bits per heavy atom. The summed E-state index contributed by atoms with van der Waals surface area (Å²) in [6, 6.07) is 24.2. The van der Waals surface area contributed by atoms with Crippen molar-refractivity contribution >= 4 is 33.1 Å². The lowest BCUT2D eigenvalue weighted by atomic mass is 9.78. The van der Waals surface area contributed by atoms with Gasteiger partial charge in [-0.25, -0.2) is 0 Å². The monoisotopic (exact) mass is 474 g/mol. The standard InChI is InChI=1S/C26H23BrN2O2/c1-31-24-12-11-17(13-19(24)27)26-25-22(28-20-9-5-6-10-21(20)29-26)14-18(15-23(25)30)16-7-3-2-4-8-16/h2-13,18,26,28-29H,14-15H2,1H3. The minimum Gasteiger partial charge on any atom is -0.496 e. The molecule has 1 aliphatic carbocycles. The van der Waals surface area contributed by atoms with Crippen molar-refractivity contribution in [1.29, 1.82) is 0 Å². The number of Topliss-reactive ketones (excluding diaryl/α,β-unsaturated/α-hetero) is 1. The molecule has 156 valence electrons. The molecular formula is C26H23BrN2O2. The van der Waals surface area contributed by atoms with Crippen LogP contribution in [0.4, 0.5) is 11.4 Å². The van der Waals surface area contributed by atoms with Crippen molar-refractivity contribution in [2.75, 3.05) is 17.7 Å². The first-order valence-corrected chi connectivity index (χ1v) is 11.2. The third-order valence-electron chi connectivity index (χ3n) is 6.09. The number of ketones is 1. The predicted molar refractivity (Wildman–Crippen MR) is 128 cm³/mol. The topological polar surface area (TPSA) is 50.4 Å². The van der Waals surface area contributed by atoms with E-state index in [9.17, 15) is 4.79 Å². The number of hydrogen-bond donors (Lipinski definition) is 2. The molecule has 5 heteroatoms. The summed E-state index contributed by atoms with van der Waals surface area (Å²) < 4.78 is 6.27. The van der Waals surface area contributed by atoms with Crippen molar-refractivity contribution in [3.63, 3.8) is 0 Å². The first-order valence-electron chi connectivity index (χ1n) is 10.4. The molecule has 2 atom stereocenters. The number of ether oxygens (including phenoxy) is 1. The highest BCUT2D eigenvalue weighted by molar-refractivity contribution is 9.10. The van der Waals surface area contributed by atoms with E-state index in [-0.39, 0.29) is 17.7 Å². The number of carbonyl (C=O) groups is 1. The van der Waals surface area contributed by atoms with Crippen molar-refractivity contribution < 1.29 is 9.53 Å². The van der Waals surface area contributed by atoms with Gasteiger partial charge in [0.05, 0.1) is 29.0 Å². The van der Waals surface area contributed by atoms with Crippen molar-refractivity contribution in [3.05, 3.63) is 99.7 Å². The van der Waals surface area contributed by atoms with Gasteiger partial charge < -0.3 is 15.4 Å². The van der Waals surface area contributed by atoms with Crippen LogP contribution in [0, 0.1) is 0 Å². The molecule has 0 spiro atoms. The van der Waals surface area contributed by atoms with Crippen molar-refractivity contribution in [3.8, 4) is 5.75 Å². The number of methoxy groups -OCH3 is 1. The van der Waals surface area contributed by atoms with Crippen LogP contribution in [0.25, 0.3) is 0 Å². The second kappa shape index (κ2) is 8.23. The van der Waals surface area contributed by atoms with Crippen LogP contribution < -0.4 is 15.4 Å². The number of hydrogen-bond acceptors (Lipinski definition) is 4. The zero-order valence-corrected chi connectivity index (χ0v) is 18.8. The zero-order chi connectivity index (χ0) is 21.4. The van der Waals surface area contributed by atoms with Crippen LogP contribution in [-0.2, 0) is 4.79 Å². The predicted octanol–water partition coefficient (Wildman–Crippen LogP) is 6.44.